The number of methoxy groups -OCH3 is 1. The fraction of sp³-hybridized carbons (Fsp3) is 0.625. The molecule has 0 aliphatic carbocycles. The van der Waals surface area contributed by atoms with Crippen molar-refractivity contribution in [2.45, 2.75) is 50.3 Å². The molecule has 0 aromatic heterocycles. The molecule has 0 saturated carbocycles. The van der Waals surface area contributed by atoms with Crippen molar-refractivity contribution >= 4 is 0 Å². The van der Waals surface area contributed by atoms with Gasteiger partial charge < -0.3 is 9.47 Å². The number of rotatable bonds is 7. The first-order valence-corrected chi connectivity index (χ1v) is 7.42. The monoisotopic (exact) mass is 376 g/mol. The van der Waals surface area contributed by atoms with Gasteiger partial charge in [0.15, 0.2) is 0 Å². The molecule has 1 aromatic rings. The summed E-state index contributed by atoms with van der Waals surface area (Å²) in [4.78, 5) is 0. The Labute approximate surface area is 140 Å². The Morgan fingerprint density at radius 2 is 1.44 bits per heavy atom. The molecule has 0 aliphatic heterocycles. The highest BCUT2D eigenvalue weighted by molar-refractivity contribution is 5.38. The van der Waals surface area contributed by atoms with Crippen LogP contribution < -0.4 is 4.74 Å². The Morgan fingerprint density at radius 1 is 0.920 bits per heavy atom. The van der Waals surface area contributed by atoms with Gasteiger partial charge in [-0.1, -0.05) is 25.1 Å². The smallest absolute Gasteiger partial charge is 0.431 e. The van der Waals surface area contributed by atoms with E-state index in [-0.39, 0.29) is 17.9 Å². The molecule has 1 aromatic carbocycles. The molecule has 144 valence electrons. The molecule has 1 atom stereocenters. The van der Waals surface area contributed by atoms with Gasteiger partial charge in [0.1, 0.15) is 5.75 Å². The van der Waals surface area contributed by atoms with Gasteiger partial charge >= 0.3 is 18.0 Å². The first kappa shape index (κ1) is 21.5. The summed E-state index contributed by atoms with van der Waals surface area (Å²) in [5, 5.41) is 0. The Morgan fingerprint density at radius 3 is 1.88 bits per heavy atom. The minimum atomic E-state index is -6.15. The number of alkyl halides is 7. The predicted molar refractivity (Wildman–Crippen MR) is 77.2 cm³/mol. The minimum absolute atomic E-state index is 0.0420. The van der Waals surface area contributed by atoms with E-state index >= 15 is 0 Å². The third-order valence-electron chi connectivity index (χ3n) is 3.85. The van der Waals surface area contributed by atoms with Crippen molar-refractivity contribution in [1.82, 2.24) is 0 Å². The average Bonchev–Trinajstić information content (AvgIpc) is 2.50. The Kier molecular flexibility index (Phi) is 6.36. The lowest BCUT2D eigenvalue weighted by molar-refractivity contribution is -0.353. The Hall–Kier alpha value is -1.51. The van der Waals surface area contributed by atoms with E-state index in [1.54, 1.807) is 6.92 Å². The van der Waals surface area contributed by atoms with Crippen molar-refractivity contribution in [3.05, 3.63) is 29.8 Å². The Balaban J connectivity index is 3.40. The lowest BCUT2D eigenvalue weighted by atomic mass is 9.82. The molecule has 0 N–H and O–H groups in total. The summed E-state index contributed by atoms with van der Waals surface area (Å²) >= 11 is 0. The molecule has 0 fully saturated rings. The fourth-order valence-electron chi connectivity index (χ4n) is 2.34. The van der Waals surface area contributed by atoms with E-state index in [2.05, 4.69) is 0 Å². The zero-order chi connectivity index (χ0) is 19.5. The molecule has 0 amide bonds. The summed E-state index contributed by atoms with van der Waals surface area (Å²) in [5.74, 6) is 0.0420. The highest BCUT2D eigenvalue weighted by Gasteiger charge is 2.74. The maximum Gasteiger partial charge on any atom is 0.431 e. The van der Waals surface area contributed by atoms with Crippen molar-refractivity contribution in [3.8, 4) is 5.75 Å². The van der Waals surface area contributed by atoms with E-state index in [0.29, 0.717) is 6.42 Å². The lowest BCUT2D eigenvalue weighted by Gasteiger charge is -2.38. The van der Waals surface area contributed by atoms with E-state index in [1.165, 1.54) is 24.3 Å². The molecule has 0 heterocycles. The van der Waals surface area contributed by atoms with Crippen LogP contribution in [0.5, 0.6) is 5.75 Å². The average molecular weight is 376 g/mol. The van der Waals surface area contributed by atoms with E-state index in [1.807, 2.05) is 0 Å². The molecule has 0 bridgehead atoms. The number of ether oxygens (including phenoxy) is 2. The topological polar surface area (TPSA) is 18.5 Å². The van der Waals surface area contributed by atoms with Gasteiger partial charge in [-0.2, -0.15) is 26.3 Å². The van der Waals surface area contributed by atoms with E-state index < -0.39 is 30.0 Å². The lowest BCUT2D eigenvalue weighted by Crippen LogP contribution is -2.56. The molecular formula is C16H19F7O2. The SMILES string of the molecule is CCCOc1ccccc1C(C)(CC(F)(C(F)(F)F)C(F)(F)F)OC. The maximum atomic E-state index is 14.2. The van der Waals surface area contributed by atoms with Gasteiger partial charge in [-0.3, -0.25) is 0 Å². The van der Waals surface area contributed by atoms with E-state index in [0.717, 1.165) is 14.0 Å². The summed E-state index contributed by atoms with van der Waals surface area (Å²) in [6, 6.07) is 5.53. The van der Waals surface area contributed by atoms with Crippen LogP contribution in [0.15, 0.2) is 24.3 Å². The second kappa shape index (κ2) is 7.39. The molecule has 0 aliphatic rings. The van der Waals surface area contributed by atoms with Crippen LogP contribution in [0.4, 0.5) is 30.7 Å². The van der Waals surface area contributed by atoms with Crippen LogP contribution in [0.3, 0.4) is 0 Å². The van der Waals surface area contributed by atoms with Gasteiger partial charge in [-0.25, -0.2) is 4.39 Å². The fourth-order valence-corrected chi connectivity index (χ4v) is 2.34. The normalized spacial score (nSPS) is 15.8. The number of para-hydroxylation sites is 1. The zero-order valence-electron chi connectivity index (χ0n) is 13.9. The first-order chi connectivity index (χ1) is 11.3. The van der Waals surface area contributed by atoms with Gasteiger partial charge in [0.05, 0.1) is 12.2 Å². The zero-order valence-corrected chi connectivity index (χ0v) is 13.9. The van der Waals surface area contributed by atoms with Gasteiger partial charge in [0, 0.05) is 19.1 Å². The van der Waals surface area contributed by atoms with Crippen molar-refractivity contribution < 1.29 is 40.2 Å². The van der Waals surface area contributed by atoms with Crippen LogP contribution in [0, 0.1) is 0 Å². The molecule has 25 heavy (non-hydrogen) atoms. The number of hydrogen-bond donors (Lipinski definition) is 0. The molecule has 1 unspecified atom stereocenters. The minimum Gasteiger partial charge on any atom is -0.493 e. The van der Waals surface area contributed by atoms with Gasteiger partial charge in [0.25, 0.3) is 0 Å². The second-order valence-electron chi connectivity index (χ2n) is 5.75. The number of benzene rings is 1. The Bertz CT molecular complexity index is 554. The summed E-state index contributed by atoms with van der Waals surface area (Å²) in [6.45, 7) is 2.93. The highest BCUT2D eigenvalue weighted by atomic mass is 19.4. The van der Waals surface area contributed by atoms with Crippen molar-refractivity contribution in [1.29, 1.82) is 0 Å². The van der Waals surface area contributed by atoms with Crippen molar-refractivity contribution in [3.63, 3.8) is 0 Å². The van der Waals surface area contributed by atoms with E-state index in [4.69, 9.17) is 9.47 Å². The van der Waals surface area contributed by atoms with Crippen molar-refractivity contribution in [2.75, 3.05) is 13.7 Å². The molecule has 9 heteroatoms. The third-order valence-corrected chi connectivity index (χ3v) is 3.85. The van der Waals surface area contributed by atoms with Crippen LogP contribution in [0.2, 0.25) is 0 Å². The predicted octanol–water partition coefficient (Wildman–Crippen LogP) is 5.56. The van der Waals surface area contributed by atoms with Crippen LogP contribution in [0.1, 0.15) is 32.3 Å². The largest absolute Gasteiger partial charge is 0.493 e. The first-order valence-electron chi connectivity index (χ1n) is 7.42. The van der Waals surface area contributed by atoms with Crippen LogP contribution >= 0.6 is 0 Å². The van der Waals surface area contributed by atoms with Crippen LogP contribution in [-0.2, 0) is 10.3 Å². The summed E-state index contributed by atoms with van der Waals surface area (Å²) in [5.41, 5.74) is -7.74. The molecule has 2 nitrogen and oxygen atoms in total. The third kappa shape index (κ3) is 4.37. The second-order valence-corrected chi connectivity index (χ2v) is 5.75. The van der Waals surface area contributed by atoms with Crippen LogP contribution in [0.25, 0.3) is 0 Å². The van der Waals surface area contributed by atoms with Gasteiger partial charge in [-0.05, 0) is 19.4 Å². The van der Waals surface area contributed by atoms with Gasteiger partial charge in [-0.15, -0.1) is 0 Å². The number of halogens is 7. The molecule has 0 saturated heterocycles. The van der Waals surface area contributed by atoms with E-state index in [9.17, 15) is 30.7 Å². The van der Waals surface area contributed by atoms with Crippen LogP contribution in [-0.4, -0.2) is 31.7 Å². The standard InChI is InChI=1S/C16H19F7O2/c1-4-9-25-12-8-6-5-7-11(12)13(2,24-3)10-14(17,15(18,19)20)16(21,22)23/h5-8H,4,9-10H2,1-3H3. The molecule has 0 radical (unpaired) electrons. The number of hydrogen-bond acceptors (Lipinski definition) is 2. The molecule has 1 rings (SSSR count). The van der Waals surface area contributed by atoms with Crippen molar-refractivity contribution in [2.24, 2.45) is 0 Å². The summed E-state index contributed by atoms with van der Waals surface area (Å²) in [6.07, 6.45) is -13.7. The maximum absolute atomic E-state index is 14.2. The molecule has 0 spiro atoms. The summed E-state index contributed by atoms with van der Waals surface area (Å²) in [7, 11) is 0.920. The highest BCUT2D eigenvalue weighted by Crippen LogP contribution is 2.53. The quantitative estimate of drug-likeness (QED) is 0.580. The van der Waals surface area contributed by atoms with Gasteiger partial charge in [0.2, 0.25) is 0 Å². The molecular weight excluding hydrogens is 357 g/mol. The summed E-state index contributed by atoms with van der Waals surface area (Å²) < 4.78 is 102.